The van der Waals surface area contributed by atoms with Gasteiger partial charge in [-0.3, -0.25) is 14.2 Å². The van der Waals surface area contributed by atoms with Crippen LogP contribution in [0.1, 0.15) is 46.7 Å². The second kappa shape index (κ2) is 11.5. The molecule has 0 radical (unpaired) electrons. The molecule has 0 N–H and O–H groups in total. The summed E-state index contributed by atoms with van der Waals surface area (Å²) in [7, 11) is 1.62. The minimum atomic E-state index is -0.561. The first-order valence-corrected chi connectivity index (χ1v) is 12.8. The predicted molar refractivity (Wildman–Crippen MR) is 149 cm³/mol. The molecule has 0 aliphatic heterocycles. The molecule has 4 aromatic rings. The molecule has 6 nitrogen and oxygen atoms in total. The lowest BCUT2D eigenvalue weighted by molar-refractivity contribution is 0.0657. The average Bonchev–Trinajstić information content (AvgIpc) is 2.86. The number of amides is 1. The van der Waals surface area contributed by atoms with Gasteiger partial charge in [-0.25, -0.2) is 4.98 Å². The summed E-state index contributed by atoms with van der Waals surface area (Å²) in [5.74, 6) is 0.186. The molecule has 1 heterocycles. The van der Waals surface area contributed by atoms with Crippen LogP contribution in [-0.4, -0.2) is 40.6 Å². The topological polar surface area (TPSA) is 64.4 Å². The van der Waals surface area contributed by atoms with E-state index in [0.717, 1.165) is 16.8 Å². The van der Waals surface area contributed by atoms with Crippen molar-refractivity contribution < 1.29 is 9.53 Å². The van der Waals surface area contributed by atoms with Crippen molar-refractivity contribution in [3.05, 3.63) is 104 Å². The van der Waals surface area contributed by atoms with E-state index in [0.29, 0.717) is 46.9 Å². The van der Waals surface area contributed by atoms with Crippen molar-refractivity contribution in [1.29, 1.82) is 0 Å². The van der Waals surface area contributed by atoms with Crippen molar-refractivity contribution >= 4 is 40.0 Å². The summed E-state index contributed by atoms with van der Waals surface area (Å²) in [6, 6.07) is 17.4. The van der Waals surface area contributed by atoms with Gasteiger partial charge < -0.3 is 9.64 Å². The van der Waals surface area contributed by atoms with Gasteiger partial charge in [0.15, 0.2) is 0 Å². The molecule has 0 fully saturated rings. The molecule has 0 saturated heterocycles. The van der Waals surface area contributed by atoms with Crippen molar-refractivity contribution in [3.63, 3.8) is 0 Å². The fourth-order valence-electron chi connectivity index (χ4n) is 4.53. The standard InChI is InChI=1S/C29H29Cl2N3O3/c1-18-10-13-26(19(2)16-18)34-27(32-25-9-6-5-8-23(25)29(34)36)20(3)33(14-7-15-37-4)28(35)22-12-11-21(30)17-24(22)31/h5-6,8-13,16-17,20H,7,14-15H2,1-4H3. The van der Waals surface area contributed by atoms with E-state index >= 15 is 0 Å². The van der Waals surface area contributed by atoms with E-state index in [1.807, 2.05) is 57.2 Å². The number of fused-ring (bicyclic) bond motifs is 1. The summed E-state index contributed by atoms with van der Waals surface area (Å²) >= 11 is 12.5. The molecule has 4 rings (SSSR count). The number of benzene rings is 3. The van der Waals surface area contributed by atoms with Crippen LogP contribution in [0.15, 0.2) is 65.5 Å². The molecule has 1 unspecified atom stereocenters. The number of aromatic nitrogens is 2. The summed E-state index contributed by atoms with van der Waals surface area (Å²) in [4.78, 5) is 34.3. The lowest BCUT2D eigenvalue weighted by Crippen LogP contribution is -2.38. The third-order valence-corrected chi connectivity index (χ3v) is 6.95. The number of para-hydroxylation sites is 1. The van der Waals surface area contributed by atoms with Crippen molar-refractivity contribution in [2.45, 2.75) is 33.2 Å². The highest BCUT2D eigenvalue weighted by molar-refractivity contribution is 6.36. The summed E-state index contributed by atoms with van der Waals surface area (Å²) in [5.41, 5.74) is 3.47. The molecule has 0 bridgehead atoms. The maximum atomic E-state index is 13.9. The molecule has 3 aromatic carbocycles. The summed E-state index contributed by atoms with van der Waals surface area (Å²) in [6.07, 6.45) is 0.596. The molecule has 1 aromatic heterocycles. The minimum Gasteiger partial charge on any atom is -0.385 e. The van der Waals surface area contributed by atoms with Crippen LogP contribution in [0.5, 0.6) is 0 Å². The van der Waals surface area contributed by atoms with Gasteiger partial charge in [-0.15, -0.1) is 0 Å². The van der Waals surface area contributed by atoms with Crippen LogP contribution in [0.2, 0.25) is 10.0 Å². The van der Waals surface area contributed by atoms with Gasteiger partial charge in [0.2, 0.25) is 0 Å². The first-order chi connectivity index (χ1) is 17.7. The van der Waals surface area contributed by atoms with Gasteiger partial charge in [-0.1, -0.05) is 53.0 Å². The Hall–Kier alpha value is -3.19. The van der Waals surface area contributed by atoms with Crippen LogP contribution in [0, 0.1) is 13.8 Å². The number of carbonyl (C=O) groups excluding carboxylic acids is 1. The van der Waals surface area contributed by atoms with Crippen LogP contribution in [0.4, 0.5) is 0 Å². The number of aryl methyl sites for hydroxylation is 2. The minimum absolute atomic E-state index is 0.187. The largest absolute Gasteiger partial charge is 0.385 e. The van der Waals surface area contributed by atoms with Gasteiger partial charge in [-0.2, -0.15) is 0 Å². The molecule has 0 aliphatic carbocycles. The average molecular weight is 538 g/mol. The van der Waals surface area contributed by atoms with Crippen LogP contribution in [0.25, 0.3) is 16.6 Å². The normalized spacial score (nSPS) is 12.1. The number of ether oxygens (including phenoxy) is 1. The van der Waals surface area contributed by atoms with E-state index in [9.17, 15) is 9.59 Å². The number of rotatable bonds is 8. The van der Waals surface area contributed by atoms with Gasteiger partial charge >= 0.3 is 0 Å². The quantitative estimate of drug-likeness (QED) is 0.239. The molecule has 0 spiro atoms. The Morgan fingerprint density at radius 1 is 1.08 bits per heavy atom. The van der Waals surface area contributed by atoms with Gasteiger partial charge in [0.1, 0.15) is 5.82 Å². The molecule has 0 saturated carbocycles. The first kappa shape index (κ1) is 26.9. The fraction of sp³-hybridized carbons (Fsp3) is 0.276. The van der Waals surface area contributed by atoms with Crippen LogP contribution < -0.4 is 5.56 Å². The highest BCUT2D eigenvalue weighted by Gasteiger charge is 2.29. The molecule has 0 aliphatic rings. The Morgan fingerprint density at radius 3 is 2.54 bits per heavy atom. The zero-order chi connectivity index (χ0) is 26.7. The second-order valence-electron chi connectivity index (χ2n) is 9.06. The van der Waals surface area contributed by atoms with E-state index in [4.69, 9.17) is 32.9 Å². The number of hydrogen-bond acceptors (Lipinski definition) is 4. The smallest absolute Gasteiger partial charge is 0.266 e. The van der Waals surface area contributed by atoms with E-state index in [1.165, 1.54) is 0 Å². The van der Waals surface area contributed by atoms with Gasteiger partial charge in [0, 0.05) is 25.3 Å². The third kappa shape index (κ3) is 5.57. The number of methoxy groups -OCH3 is 1. The van der Waals surface area contributed by atoms with Gasteiger partial charge in [0.05, 0.1) is 33.2 Å². The van der Waals surface area contributed by atoms with E-state index in [1.54, 1.807) is 40.8 Å². The van der Waals surface area contributed by atoms with Crippen LogP contribution >= 0.6 is 23.2 Å². The maximum Gasteiger partial charge on any atom is 0.266 e. The molecular formula is C29H29Cl2N3O3. The number of carbonyl (C=O) groups is 1. The highest BCUT2D eigenvalue weighted by Crippen LogP contribution is 2.29. The number of nitrogens with zero attached hydrogens (tertiary/aromatic N) is 3. The molecule has 37 heavy (non-hydrogen) atoms. The van der Waals surface area contributed by atoms with E-state index < -0.39 is 6.04 Å². The molecule has 1 atom stereocenters. The Kier molecular flexibility index (Phi) is 8.32. The first-order valence-electron chi connectivity index (χ1n) is 12.1. The fourth-order valence-corrected chi connectivity index (χ4v) is 5.02. The molecule has 192 valence electrons. The van der Waals surface area contributed by atoms with Crippen LogP contribution in [0.3, 0.4) is 0 Å². The van der Waals surface area contributed by atoms with Crippen molar-refractivity contribution in [3.8, 4) is 5.69 Å². The summed E-state index contributed by atoms with van der Waals surface area (Å²) in [6.45, 7) is 6.70. The van der Waals surface area contributed by atoms with Gasteiger partial charge in [-0.05, 0) is 69.2 Å². The number of hydrogen-bond donors (Lipinski definition) is 0. The Bertz CT molecular complexity index is 1520. The number of halogens is 2. The third-order valence-electron chi connectivity index (χ3n) is 6.41. The summed E-state index contributed by atoms with van der Waals surface area (Å²) in [5, 5.41) is 1.22. The Morgan fingerprint density at radius 2 is 1.84 bits per heavy atom. The highest BCUT2D eigenvalue weighted by atomic mass is 35.5. The SMILES string of the molecule is COCCCN(C(=O)c1ccc(Cl)cc1Cl)C(C)c1nc2ccccc2c(=O)n1-c1ccc(C)cc1C. The Labute approximate surface area is 226 Å². The second-order valence-corrected chi connectivity index (χ2v) is 9.91. The monoisotopic (exact) mass is 537 g/mol. The van der Waals surface area contributed by atoms with Crippen molar-refractivity contribution in [2.75, 3.05) is 20.3 Å². The van der Waals surface area contributed by atoms with Crippen LogP contribution in [-0.2, 0) is 4.74 Å². The Balaban J connectivity index is 1.92. The van der Waals surface area contributed by atoms with Crippen molar-refractivity contribution in [2.24, 2.45) is 0 Å². The lowest BCUT2D eigenvalue weighted by atomic mass is 10.1. The van der Waals surface area contributed by atoms with E-state index in [2.05, 4.69) is 0 Å². The summed E-state index contributed by atoms with van der Waals surface area (Å²) < 4.78 is 6.87. The molecule has 8 heteroatoms. The lowest BCUT2D eigenvalue weighted by Gasteiger charge is -2.31. The predicted octanol–water partition coefficient (Wildman–Crippen LogP) is 6.55. The zero-order valence-electron chi connectivity index (χ0n) is 21.3. The zero-order valence-corrected chi connectivity index (χ0v) is 22.8. The molecular weight excluding hydrogens is 509 g/mol. The molecule has 1 amide bonds. The van der Waals surface area contributed by atoms with E-state index in [-0.39, 0.29) is 16.5 Å². The van der Waals surface area contributed by atoms with Gasteiger partial charge in [0.25, 0.3) is 11.5 Å². The maximum absolute atomic E-state index is 13.9. The van der Waals surface area contributed by atoms with Crippen molar-refractivity contribution in [1.82, 2.24) is 14.5 Å².